The van der Waals surface area contributed by atoms with E-state index in [9.17, 15) is 0 Å². The standard InChI is InChI=1S/C15H22N6O/c1-20(2)15-18-13(17-14(16)19-15)10-21(3)9-11-6-5-7-12(8-11)22-4/h5-8H,9-10H2,1-4H3,(H2,16,17,18,19). The fraction of sp³-hybridized carbons (Fsp3) is 0.400. The number of aromatic nitrogens is 3. The zero-order valence-corrected chi connectivity index (χ0v) is 13.4. The summed E-state index contributed by atoms with van der Waals surface area (Å²) in [6.45, 7) is 1.35. The Morgan fingerprint density at radius 3 is 2.55 bits per heavy atom. The van der Waals surface area contributed by atoms with Crippen molar-refractivity contribution in [2.75, 3.05) is 38.9 Å². The van der Waals surface area contributed by atoms with Crippen LogP contribution in [0.2, 0.25) is 0 Å². The Labute approximate surface area is 130 Å². The van der Waals surface area contributed by atoms with Crippen molar-refractivity contribution in [2.45, 2.75) is 13.1 Å². The predicted molar refractivity (Wildman–Crippen MR) is 86.7 cm³/mol. The molecule has 7 nitrogen and oxygen atoms in total. The molecule has 1 heterocycles. The summed E-state index contributed by atoms with van der Waals surface area (Å²) in [5.74, 6) is 2.31. The van der Waals surface area contributed by atoms with Crippen LogP contribution in [0.25, 0.3) is 0 Å². The van der Waals surface area contributed by atoms with Crippen LogP contribution in [-0.4, -0.2) is 48.1 Å². The number of anilines is 2. The van der Waals surface area contributed by atoms with Gasteiger partial charge in [0.2, 0.25) is 11.9 Å². The van der Waals surface area contributed by atoms with E-state index < -0.39 is 0 Å². The van der Waals surface area contributed by atoms with E-state index in [0.29, 0.717) is 18.3 Å². The third kappa shape index (κ3) is 4.29. The number of rotatable bonds is 6. The van der Waals surface area contributed by atoms with Crippen LogP contribution in [0.4, 0.5) is 11.9 Å². The molecule has 0 atom stereocenters. The minimum Gasteiger partial charge on any atom is -0.497 e. The van der Waals surface area contributed by atoms with Crippen molar-refractivity contribution in [1.29, 1.82) is 0 Å². The molecule has 0 unspecified atom stereocenters. The lowest BCUT2D eigenvalue weighted by molar-refractivity contribution is 0.309. The molecule has 22 heavy (non-hydrogen) atoms. The Morgan fingerprint density at radius 1 is 1.09 bits per heavy atom. The molecule has 2 N–H and O–H groups in total. The summed E-state index contributed by atoms with van der Waals surface area (Å²) in [6.07, 6.45) is 0. The summed E-state index contributed by atoms with van der Waals surface area (Å²) in [5.41, 5.74) is 6.90. The van der Waals surface area contributed by atoms with E-state index in [0.717, 1.165) is 17.9 Å². The number of nitrogens with zero attached hydrogens (tertiary/aromatic N) is 5. The molecular formula is C15H22N6O. The van der Waals surface area contributed by atoms with Gasteiger partial charge in [-0.05, 0) is 24.7 Å². The molecule has 0 aliphatic heterocycles. The molecule has 0 aliphatic carbocycles. The Hall–Kier alpha value is -2.41. The van der Waals surface area contributed by atoms with Gasteiger partial charge in [-0.15, -0.1) is 0 Å². The van der Waals surface area contributed by atoms with Crippen molar-refractivity contribution >= 4 is 11.9 Å². The highest BCUT2D eigenvalue weighted by Crippen LogP contribution is 2.15. The zero-order chi connectivity index (χ0) is 16.1. The summed E-state index contributed by atoms with van der Waals surface area (Å²) in [7, 11) is 7.42. The van der Waals surface area contributed by atoms with Gasteiger partial charge >= 0.3 is 0 Å². The molecule has 0 bridgehead atoms. The van der Waals surface area contributed by atoms with Gasteiger partial charge in [-0.1, -0.05) is 12.1 Å². The molecule has 0 aliphatic rings. The van der Waals surface area contributed by atoms with Gasteiger partial charge in [0.05, 0.1) is 13.7 Å². The first-order valence-corrected chi connectivity index (χ1v) is 6.97. The number of ether oxygens (including phenoxy) is 1. The topological polar surface area (TPSA) is 80.4 Å². The van der Waals surface area contributed by atoms with Gasteiger partial charge in [0.15, 0.2) is 0 Å². The van der Waals surface area contributed by atoms with Gasteiger partial charge in [0.1, 0.15) is 11.6 Å². The van der Waals surface area contributed by atoms with E-state index in [1.54, 1.807) is 7.11 Å². The van der Waals surface area contributed by atoms with Crippen LogP contribution >= 0.6 is 0 Å². The van der Waals surface area contributed by atoms with Crippen molar-refractivity contribution in [3.8, 4) is 5.75 Å². The molecule has 2 aromatic rings. The monoisotopic (exact) mass is 302 g/mol. The lowest BCUT2D eigenvalue weighted by Crippen LogP contribution is -2.22. The number of benzene rings is 1. The Morgan fingerprint density at radius 2 is 1.86 bits per heavy atom. The molecule has 118 valence electrons. The largest absolute Gasteiger partial charge is 0.497 e. The molecule has 0 saturated carbocycles. The van der Waals surface area contributed by atoms with Crippen LogP contribution in [0, 0.1) is 0 Å². The van der Waals surface area contributed by atoms with Crippen LogP contribution < -0.4 is 15.4 Å². The van der Waals surface area contributed by atoms with E-state index in [2.05, 4.69) is 25.9 Å². The predicted octanol–water partition coefficient (Wildman–Crippen LogP) is 1.16. The summed E-state index contributed by atoms with van der Waals surface area (Å²) in [4.78, 5) is 16.6. The van der Waals surface area contributed by atoms with Gasteiger partial charge < -0.3 is 15.4 Å². The lowest BCUT2D eigenvalue weighted by atomic mass is 10.2. The van der Waals surface area contributed by atoms with E-state index in [4.69, 9.17) is 10.5 Å². The second-order valence-corrected chi connectivity index (χ2v) is 5.33. The van der Waals surface area contributed by atoms with Crippen LogP contribution in [-0.2, 0) is 13.1 Å². The smallest absolute Gasteiger partial charge is 0.229 e. The Kier molecular flexibility index (Phi) is 5.11. The van der Waals surface area contributed by atoms with E-state index in [1.807, 2.05) is 44.2 Å². The zero-order valence-electron chi connectivity index (χ0n) is 13.4. The van der Waals surface area contributed by atoms with Crippen LogP contribution in [0.3, 0.4) is 0 Å². The molecule has 0 amide bonds. The fourth-order valence-corrected chi connectivity index (χ4v) is 2.08. The maximum absolute atomic E-state index is 5.74. The Bertz CT molecular complexity index is 631. The van der Waals surface area contributed by atoms with Crippen molar-refractivity contribution in [1.82, 2.24) is 19.9 Å². The molecule has 1 aromatic carbocycles. The Balaban J connectivity index is 2.06. The summed E-state index contributed by atoms with van der Waals surface area (Å²) in [6, 6.07) is 7.99. The van der Waals surface area contributed by atoms with Gasteiger partial charge in [0, 0.05) is 20.6 Å². The number of hydrogen-bond donors (Lipinski definition) is 1. The van der Waals surface area contributed by atoms with Crippen molar-refractivity contribution in [2.24, 2.45) is 0 Å². The highest BCUT2D eigenvalue weighted by molar-refractivity contribution is 5.32. The van der Waals surface area contributed by atoms with E-state index in [1.165, 1.54) is 0 Å². The second-order valence-electron chi connectivity index (χ2n) is 5.33. The quantitative estimate of drug-likeness (QED) is 0.857. The number of nitrogens with two attached hydrogens (primary N) is 1. The maximum Gasteiger partial charge on any atom is 0.229 e. The van der Waals surface area contributed by atoms with Crippen LogP contribution in [0.1, 0.15) is 11.4 Å². The van der Waals surface area contributed by atoms with E-state index in [-0.39, 0.29) is 5.95 Å². The van der Waals surface area contributed by atoms with Gasteiger partial charge in [0.25, 0.3) is 0 Å². The first-order valence-electron chi connectivity index (χ1n) is 6.97. The minimum atomic E-state index is 0.239. The fourth-order valence-electron chi connectivity index (χ4n) is 2.08. The molecule has 2 rings (SSSR count). The second kappa shape index (κ2) is 7.04. The normalized spacial score (nSPS) is 10.8. The molecule has 0 radical (unpaired) electrons. The van der Waals surface area contributed by atoms with Gasteiger partial charge in [-0.3, -0.25) is 4.90 Å². The van der Waals surface area contributed by atoms with Gasteiger partial charge in [-0.2, -0.15) is 15.0 Å². The average molecular weight is 302 g/mol. The summed E-state index contributed by atoms with van der Waals surface area (Å²) >= 11 is 0. The van der Waals surface area contributed by atoms with Gasteiger partial charge in [-0.25, -0.2) is 0 Å². The molecule has 0 fully saturated rings. The van der Waals surface area contributed by atoms with Crippen LogP contribution in [0.15, 0.2) is 24.3 Å². The number of hydrogen-bond acceptors (Lipinski definition) is 7. The molecular weight excluding hydrogens is 280 g/mol. The third-order valence-corrected chi connectivity index (χ3v) is 3.09. The summed E-state index contributed by atoms with van der Waals surface area (Å²) < 4.78 is 5.24. The maximum atomic E-state index is 5.74. The number of methoxy groups -OCH3 is 1. The minimum absolute atomic E-state index is 0.239. The average Bonchev–Trinajstić information content (AvgIpc) is 2.46. The molecule has 7 heteroatoms. The third-order valence-electron chi connectivity index (χ3n) is 3.09. The van der Waals surface area contributed by atoms with Crippen molar-refractivity contribution in [3.63, 3.8) is 0 Å². The van der Waals surface area contributed by atoms with Crippen molar-refractivity contribution < 1.29 is 4.74 Å². The summed E-state index contributed by atoms with van der Waals surface area (Å²) in [5, 5.41) is 0. The molecule has 1 aromatic heterocycles. The van der Waals surface area contributed by atoms with Crippen LogP contribution in [0.5, 0.6) is 5.75 Å². The molecule has 0 saturated heterocycles. The van der Waals surface area contributed by atoms with Crippen molar-refractivity contribution in [3.05, 3.63) is 35.7 Å². The first kappa shape index (κ1) is 16.0. The lowest BCUT2D eigenvalue weighted by Gasteiger charge is -2.17. The SMILES string of the molecule is COc1cccc(CN(C)Cc2nc(N)nc(N(C)C)n2)c1. The highest BCUT2D eigenvalue weighted by Gasteiger charge is 2.09. The molecule has 0 spiro atoms. The first-order chi connectivity index (χ1) is 10.5. The number of nitrogen functional groups attached to an aromatic ring is 1. The van der Waals surface area contributed by atoms with E-state index >= 15 is 0 Å². The highest BCUT2D eigenvalue weighted by atomic mass is 16.5.